The lowest BCUT2D eigenvalue weighted by atomic mass is 10.1. The lowest BCUT2D eigenvalue weighted by Crippen LogP contribution is -2.24. The SMILES string of the molecule is CN/C=C\C(=C/C=O)NC(=O)c1cc(C(F)(F)F)ccc1OCC(C)C. The second-order valence-corrected chi connectivity index (χ2v) is 5.75. The van der Waals surface area contributed by atoms with Crippen molar-refractivity contribution in [3.63, 3.8) is 0 Å². The third-order valence-electron chi connectivity index (χ3n) is 3.06. The van der Waals surface area contributed by atoms with E-state index in [4.69, 9.17) is 4.74 Å². The Morgan fingerprint density at radius 3 is 2.54 bits per heavy atom. The highest BCUT2D eigenvalue weighted by atomic mass is 19.4. The molecular formula is C18H21F3N2O3. The van der Waals surface area contributed by atoms with Gasteiger partial charge in [-0.15, -0.1) is 0 Å². The summed E-state index contributed by atoms with van der Waals surface area (Å²) in [4.78, 5) is 23.1. The molecule has 0 fully saturated rings. The number of nitrogens with one attached hydrogen (secondary N) is 2. The third-order valence-corrected chi connectivity index (χ3v) is 3.06. The predicted octanol–water partition coefficient (Wildman–Crippen LogP) is 3.29. The first-order chi connectivity index (χ1) is 12.2. The van der Waals surface area contributed by atoms with E-state index in [0.29, 0.717) is 6.29 Å². The maximum absolute atomic E-state index is 13.0. The molecule has 1 rings (SSSR count). The quantitative estimate of drug-likeness (QED) is 0.419. The number of benzene rings is 1. The van der Waals surface area contributed by atoms with Crippen LogP contribution >= 0.6 is 0 Å². The van der Waals surface area contributed by atoms with Crippen molar-refractivity contribution in [3.8, 4) is 5.75 Å². The summed E-state index contributed by atoms with van der Waals surface area (Å²) < 4.78 is 44.4. The zero-order valence-electron chi connectivity index (χ0n) is 14.7. The van der Waals surface area contributed by atoms with Gasteiger partial charge in [-0.25, -0.2) is 0 Å². The maximum atomic E-state index is 13.0. The lowest BCUT2D eigenvalue weighted by Gasteiger charge is -2.16. The van der Waals surface area contributed by atoms with Gasteiger partial charge in [0.2, 0.25) is 0 Å². The van der Waals surface area contributed by atoms with Crippen LogP contribution in [0.25, 0.3) is 0 Å². The normalized spacial score (nSPS) is 12.3. The van der Waals surface area contributed by atoms with Crippen LogP contribution in [0.4, 0.5) is 13.2 Å². The van der Waals surface area contributed by atoms with Gasteiger partial charge in [-0.1, -0.05) is 13.8 Å². The number of hydrogen-bond donors (Lipinski definition) is 2. The first-order valence-electron chi connectivity index (χ1n) is 7.83. The highest BCUT2D eigenvalue weighted by Crippen LogP contribution is 2.32. The van der Waals surface area contributed by atoms with Crippen LogP contribution in [0.3, 0.4) is 0 Å². The molecule has 1 aromatic carbocycles. The van der Waals surface area contributed by atoms with Crippen LogP contribution in [0.5, 0.6) is 5.75 Å². The van der Waals surface area contributed by atoms with Crippen LogP contribution in [0.1, 0.15) is 29.8 Å². The minimum absolute atomic E-state index is 0.0345. The van der Waals surface area contributed by atoms with Crippen molar-refractivity contribution in [1.29, 1.82) is 0 Å². The first kappa shape index (κ1) is 21.3. The molecule has 0 unspecified atom stereocenters. The predicted molar refractivity (Wildman–Crippen MR) is 91.6 cm³/mol. The molecule has 0 spiro atoms. The summed E-state index contributed by atoms with van der Waals surface area (Å²) in [6, 6.07) is 2.70. The molecule has 1 amide bonds. The van der Waals surface area contributed by atoms with Gasteiger partial charge in [0.05, 0.1) is 17.7 Å². The Morgan fingerprint density at radius 1 is 1.31 bits per heavy atom. The number of alkyl halides is 3. The topological polar surface area (TPSA) is 67.4 Å². The summed E-state index contributed by atoms with van der Waals surface area (Å²) in [5, 5.41) is 5.07. The molecule has 0 heterocycles. The molecule has 0 saturated carbocycles. The van der Waals surface area contributed by atoms with Crippen LogP contribution in [-0.4, -0.2) is 25.8 Å². The fourth-order valence-corrected chi connectivity index (χ4v) is 1.85. The van der Waals surface area contributed by atoms with E-state index in [1.54, 1.807) is 7.05 Å². The number of hydrogen-bond acceptors (Lipinski definition) is 4. The van der Waals surface area contributed by atoms with Gasteiger partial charge in [0, 0.05) is 18.8 Å². The van der Waals surface area contributed by atoms with E-state index in [9.17, 15) is 22.8 Å². The van der Waals surface area contributed by atoms with Gasteiger partial charge in [-0.3, -0.25) is 9.59 Å². The van der Waals surface area contributed by atoms with Gasteiger partial charge >= 0.3 is 6.18 Å². The molecule has 0 aliphatic heterocycles. The van der Waals surface area contributed by atoms with Crippen LogP contribution in [-0.2, 0) is 11.0 Å². The number of amides is 1. The Balaban J connectivity index is 3.22. The van der Waals surface area contributed by atoms with Crippen LogP contribution in [0.2, 0.25) is 0 Å². The average Bonchev–Trinajstić information content (AvgIpc) is 2.56. The Morgan fingerprint density at radius 2 is 2.00 bits per heavy atom. The Kier molecular flexibility index (Phi) is 7.89. The molecule has 0 aliphatic rings. The molecule has 0 saturated heterocycles. The maximum Gasteiger partial charge on any atom is 0.416 e. The Bertz CT molecular complexity index is 695. The van der Waals surface area contributed by atoms with Gasteiger partial charge < -0.3 is 15.4 Å². The molecule has 0 bridgehead atoms. The summed E-state index contributed by atoms with van der Waals surface area (Å²) in [6.07, 6.45) is -0.211. The van der Waals surface area contributed by atoms with Crippen molar-refractivity contribution in [3.05, 3.63) is 53.4 Å². The summed E-state index contributed by atoms with van der Waals surface area (Å²) in [5.41, 5.74) is -1.12. The van der Waals surface area contributed by atoms with Gasteiger partial charge in [0.15, 0.2) is 0 Å². The molecule has 8 heteroatoms. The van der Waals surface area contributed by atoms with E-state index in [2.05, 4.69) is 10.6 Å². The van der Waals surface area contributed by atoms with E-state index >= 15 is 0 Å². The Labute approximate surface area is 149 Å². The molecule has 142 valence electrons. The molecule has 0 radical (unpaired) electrons. The molecule has 0 atom stereocenters. The van der Waals surface area contributed by atoms with Gasteiger partial charge in [0.25, 0.3) is 5.91 Å². The summed E-state index contributed by atoms with van der Waals surface area (Å²) in [6.45, 7) is 3.98. The number of allylic oxidation sites excluding steroid dienone is 2. The molecule has 0 aliphatic carbocycles. The van der Waals surface area contributed by atoms with Gasteiger partial charge in [-0.05, 0) is 36.4 Å². The zero-order valence-corrected chi connectivity index (χ0v) is 14.7. The zero-order chi connectivity index (χ0) is 19.7. The monoisotopic (exact) mass is 370 g/mol. The highest BCUT2D eigenvalue weighted by molar-refractivity contribution is 5.98. The molecule has 5 nitrogen and oxygen atoms in total. The average molecular weight is 370 g/mol. The van der Waals surface area contributed by atoms with Crippen molar-refractivity contribution in [2.45, 2.75) is 20.0 Å². The second kappa shape index (κ2) is 9.65. The van der Waals surface area contributed by atoms with E-state index in [1.807, 2.05) is 13.8 Å². The van der Waals surface area contributed by atoms with E-state index in [0.717, 1.165) is 24.3 Å². The van der Waals surface area contributed by atoms with Gasteiger partial charge in [-0.2, -0.15) is 13.2 Å². The Hall–Kier alpha value is -2.77. The molecule has 26 heavy (non-hydrogen) atoms. The number of aldehydes is 1. The van der Waals surface area contributed by atoms with Crippen molar-refractivity contribution in [2.75, 3.05) is 13.7 Å². The first-order valence-corrected chi connectivity index (χ1v) is 7.83. The largest absolute Gasteiger partial charge is 0.492 e. The van der Waals surface area contributed by atoms with E-state index < -0.39 is 17.6 Å². The number of rotatable bonds is 8. The molecule has 1 aromatic rings. The van der Waals surface area contributed by atoms with Crippen molar-refractivity contribution < 1.29 is 27.5 Å². The standard InChI is InChI=1S/C18H21F3N2O3/c1-12(2)11-26-16-5-4-13(18(19,20)21)10-15(16)17(25)23-14(7-9-24)6-8-22-3/h4-10,12,22H,11H2,1-3H3,(H,23,25)/b8-6-,14-7+. The number of carbonyl (C=O) groups excluding carboxylic acids is 2. The summed E-state index contributed by atoms with van der Waals surface area (Å²) >= 11 is 0. The summed E-state index contributed by atoms with van der Waals surface area (Å²) in [5.74, 6) is -0.659. The second-order valence-electron chi connectivity index (χ2n) is 5.75. The minimum Gasteiger partial charge on any atom is -0.492 e. The molecular weight excluding hydrogens is 349 g/mol. The third kappa shape index (κ3) is 6.62. The van der Waals surface area contributed by atoms with Crippen LogP contribution in [0, 0.1) is 5.92 Å². The lowest BCUT2D eigenvalue weighted by molar-refractivity contribution is -0.137. The number of carbonyl (C=O) groups is 2. The number of ether oxygens (including phenoxy) is 1. The smallest absolute Gasteiger partial charge is 0.416 e. The molecule has 2 N–H and O–H groups in total. The van der Waals surface area contributed by atoms with E-state index in [1.165, 1.54) is 12.3 Å². The number of halogens is 3. The van der Waals surface area contributed by atoms with Crippen molar-refractivity contribution in [2.24, 2.45) is 5.92 Å². The minimum atomic E-state index is -4.60. The van der Waals surface area contributed by atoms with Crippen molar-refractivity contribution in [1.82, 2.24) is 10.6 Å². The summed E-state index contributed by atoms with van der Waals surface area (Å²) in [7, 11) is 1.61. The molecule has 0 aromatic heterocycles. The van der Waals surface area contributed by atoms with E-state index in [-0.39, 0.29) is 29.5 Å². The van der Waals surface area contributed by atoms with Gasteiger partial charge in [0.1, 0.15) is 12.0 Å². The van der Waals surface area contributed by atoms with Crippen molar-refractivity contribution >= 4 is 12.2 Å². The van der Waals surface area contributed by atoms with Crippen LogP contribution < -0.4 is 15.4 Å². The van der Waals surface area contributed by atoms with Crippen LogP contribution in [0.15, 0.2) is 42.2 Å². The highest BCUT2D eigenvalue weighted by Gasteiger charge is 2.32. The fraction of sp³-hybridized carbons (Fsp3) is 0.333. The fourth-order valence-electron chi connectivity index (χ4n) is 1.85.